The first kappa shape index (κ1) is 26.4. The molecule has 3 heterocycles. The molecule has 1 aliphatic heterocycles. The van der Waals surface area contributed by atoms with Crippen LogP contribution < -0.4 is 15.0 Å². The van der Waals surface area contributed by atoms with Crippen LogP contribution in [0.15, 0.2) is 42.7 Å². The predicted molar refractivity (Wildman–Crippen MR) is 147 cm³/mol. The highest BCUT2D eigenvalue weighted by Crippen LogP contribution is 2.34. The summed E-state index contributed by atoms with van der Waals surface area (Å²) >= 11 is 0. The number of anilines is 3. The number of likely N-dealkylation sites (N-methyl/N-ethyl adjacent to an activating group) is 1. The number of aromatic amines is 1. The van der Waals surface area contributed by atoms with Crippen LogP contribution in [0.5, 0.6) is 11.6 Å². The maximum Gasteiger partial charge on any atom is 0.262 e. The number of nitrogens with zero attached hydrogens (tertiary/aromatic N) is 5. The summed E-state index contributed by atoms with van der Waals surface area (Å²) in [7, 11) is 3.15. The van der Waals surface area contributed by atoms with E-state index in [9.17, 15) is 4.79 Å². The van der Waals surface area contributed by atoms with E-state index in [2.05, 4.69) is 32.1 Å². The van der Waals surface area contributed by atoms with Crippen LogP contribution in [-0.2, 0) is 0 Å². The lowest BCUT2D eigenvalue weighted by atomic mass is 10.2. The Bertz CT molecular complexity index is 1510. The van der Waals surface area contributed by atoms with Gasteiger partial charge in [-0.15, -0.1) is 0 Å². The number of halogens is 2. The number of aryl methyl sites for hydroxylation is 1. The van der Waals surface area contributed by atoms with E-state index in [0.717, 1.165) is 38.4 Å². The molecule has 9 nitrogen and oxygen atoms in total. The molecule has 0 bridgehead atoms. The van der Waals surface area contributed by atoms with Crippen LogP contribution in [0.25, 0.3) is 10.9 Å². The number of fused-ring (bicyclic) bond motifs is 1. The zero-order valence-electron chi connectivity index (χ0n) is 22.4. The molecule has 2 N–H and O–H groups in total. The van der Waals surface area contributed by atoms with Gasteiger partial charge in [-0.05, 0) is 49.9 Å². The average molecular weight is 536 g/mol. The first-order chi connectivity index (χ1) is 18.7. The number of carbonyl (C=O) groups is 1. The molecule has 0 spiro atoms. The Morgan fingerprint density at radius 3 is 2.56 bits per heavy atom. The number of ether oxygens (including phenoxy) is 1. The van der Waals surface area contributed by atoms with Crippen LogP contribution >= 0.6 is 0 Å². The van der Waals surface area contributed by atoms with E-state index >= 15 is 8.78 Å². The second-order valence-corrected chi connectivity index (χ2v) is 9.71. The molecule has 1 aliphatic rings. The van der Waals surface area contributed by atoms with E-state index in [-0.39, 0.29) is 28.8 Å². The molecule has 0 atom stereocenters. The lowest BCUT2D eigenvalue weighted by Crippen LogP contribution is -2.46. The van der Waals surface area contributed by atoms with Crippen LogP contribution in [0, 0.1) is 18.6 Å². The van der Waals surface area contributed by atoms with Crippen molar-refractivity contribution in [3.8, 4) is 11.6 Å². The summed E-state index contributed by atoms with van der Waals surface area (Å²) in [5.74, 6) is -1.52. The fourth-order valence-corrected chi connectivity index (χ4v) is 4.71. The van der Waals surface area contributed by atoms with E-state index < -0.39 is 11.7 Å². The molecule has 0 saturated carbocycles. The molecule has 1 fully saturated rings. The van der Waals surface area contributed by atoms with Crippen LogP contribution in [0.2, 0.25) is 0 Å². The van der Waals surface area contributed by atoms with Crippen LogP contribution in [0.4, 0.5) is 26.0 Å². The fourth-order valence-electron chi connectivity index (χ4n) is 4.71. The molecular formula is C28H31F2N7O2. The highest BCUT2D eigenvalue weighted by atomic mass is 19.1. The molecule has 204 valence electrons. The minimum atomic E-state index is -0.578. The van der Waals surface area contributed by atoms with E-state index in [1.165, 1.54) is 23.4 Å². The molecular weight excluding hydrogens is 504 g/mol. The molecule has 1 saturated heterocycles. The van der Waals surface area contributed by atoms with Gasteiger partial charge in [0.15, 0.2) is 17.4 Å². The standard InChI is InChI=1S/C28H31F2N7O2/c1-5-36-10-12-37(13-11-36)22-8-6-18(15-20(22)29)34-26-24(28(38)35(3)4)27(32-16-31-26)39-23-9-7-21-19(25(23)30)14-17(2)33-21/h6-9,14-16,33H,5,10-13H2,1-4H3,(H,31,32,34). The minimum Gasteiger partial charge on any atom is -0.435 e. The Hall–Kier alpha value is -4.25. The van der Waals surface area contributed by atoms with Gasteiger partial charge in [0, 0.05) is 62.6 Å². The van der Waals surface area contributed by atoms with Crippen LogP contribution in [-0.4, -0.2) is 77.5 Å². The number of rotatable bonds is 7. The van der Waals surface area contributed by atoms with E-state index in [1.54, 1.807) is 38.4 Å². The molecule has 0 aliphatic carbocycles. The van der Waals surface area contributed by atoms with Gasteiger partial charge >= 0.3 is 0 Å². The summed E-state index contributed by atoms with van der Waals surface area (Å²) in [6.45, 7) is 8.18. The van der Waals surface area contributed by atoms with Gasteiger partial charge in [-0.3, -0.25) is 4.79 Å². The maximum atomic E-state index is 15.2. The summed E-state index contributed by atoms with van der Waals surface area (Å²) in [5, 5.41) is 3.39. The van der Waals surface area contributed by atoms with Gasteiger partial charge in [-0.1, -0.05) is 6.92 Å². The second-order valence-electron chi connectivity index (χ2n) is 9.71. The van der Waals surface area contributed by atoms with Crippen molar-refractivity contribution in [3.63, 3.8) is 0 Å². The van der Waals surface area contributed by atoms with Gasteiger partial charge in [-0.25, -0.2) is 18.7 Å². The van der Waals surface area contributed by atoms with Crippen molar-refractivity contribution < 1.29 is 18.3 Å². The van der Waals surface area contributed by atoms with Gasteiger partial charge in [0.05, 0.1) is 5.69 Å². The average Bonchev–Trinajstić information content (AvgIpc) is 3.31. The number of carbonyl (C=O) groups excluding carboxylic acids is 1. The zero-order chi connectivity index (χ0) is 27.7. The lowest BCUT2D eigenvalue weighted by molar-refractivity contribution is 0.0825. The Labute approximate surface area is 225 Å². The predicted octanol–water partition coefficient (Wildman–Crippen LogP) is 4.92. The minimum absolute atomic E-state index is 0.00702. The maximum absolute atomic E-state index is 15.2. The molecule has 5 rings (SSSR count). The SMILES string of the molecule is CCN1CCN(c2ccc(Nc3ncnc(Oc4ccc5[nH]c(C)cc5c4F)c3C(=O)N(C)C)cc2F)CC1. The third-order valence-electron chi connectivity index (χ3n) is 6.85. The van der Waals surface area contributed by atoms with Crippen molar-refractivity contribution in [1.82, 2.24) is 24.8 Å². The number of piperazine rings is 1. The molecule has 2 aromatic heterocycles. The fraction of sp³-hybridized carbons (Fsp3) is 0.321. The Kier molecular flexibility index (Phi) is 7.34. The molecule has 0 radical (unpaired) electrons. The van der Waals surface area contributed by atoms with Crippen LogP contribution in [0.3, 0.4) is 0 Å². The van der Waals surface area contributed by atoms with Gasteiger partial charge in [0.25, 0.3) is 5.91 Å². The van der Waals surface area contributed by atoms with Gasteiger partial charge in [0.2, 0.25) is 5.88 Å². The summed E-state index contributed by atoms with van der Waals surface area (Å²) in [6, 6.07) is 9.67. The molecule has 0 unspecified atom stereocenters. The zero-order valence-corrected chi connectivity index (χ0v) is 22.4. The molecule has 2 aromatic carbocycles. The molecule has 4 aromatic rings. The van der Waals surface area contributed by atoms with Gasteiger partial charge in [-0.2, -0.15) is 0 Å². The topological polar surface area (TPSA) is 89.6 Å². The highest BCUT2D eigenvalue weighted by molar-refractivity contribution is 6.01. The van der Waals surface area contributed by atoms with Gasteiger partial charge in [0.1, 0.15) is 17.7 Å². The summed E-state index contributed by atoms with van der Waals surface area (Å²) in [6.07, 6.45) is 1.21. The Balaban J connectivity index is 1.45. The van der Waals surface area contributed by atoms with Crippen molar-refractivity contribution in [3.05, 3.63) is 65.6 Å². The monoisotopic (exact) mass is 535 g/mol. The molecule has 1 amide bonds. The largest absolute Gasteiger partial charge is 0.435 e. The number of hydrogen-bond acceptors (Lipinski definition) is 7. The van der Waals surface area contributed by atoms with Crippen molar-refractivity contribution in [2.75, 3.05) is 57.0 Å². The number of benzene rings is 2. The number of nitrogens with one attached hydrogen (secondary N) is 2. The van der Waals surface area contributed by atoms with Crippen molar-refractivity contribution in [2.45, 2.75) is 13.8 Å². The molecule has 11 heteroatoms. The van der Waals surface area contributed by atoms with E-state index in [0.29, 0.717) is 22.3 Å². The number of H-pyrrole nitrogens is 1. The third-order valence-corrected chi connectivity index (χ3v) is 6.85. The second kappa shape index (κ2) is 10.9. The van der Waals surface area contributed by atoms with E-state index in [1.807, 2.05) is 11.8 Å². The first-order valence-electron chi connectivity index (χ1n) is 12.8. The third kappa shape index (κ3) is 5.35. The first-order valence-corrected chi connectivity index (χ1v) is 12.8. The quantitative estimate of drug-likeness (QED) is 0.347. The highest BCUT2D eigenvalue weighted by Gasteiger charge is 2.25. The number of aromatic nitrogens is 3. The number of amides is 1. The lowest BCUT2D eigenvalue weighted by Gasteiger charge is -2.35. The number of hydrogen-bond donors (Lipinski definition) is 2. The van der Waals surface area contributed by atoms with Crippen molar-refractivity contribution >= 4 is 34.0 Å². The Morgan fingerprint density at radius 1 is 1.10 bits per heavy atom. The van der Waals surface area contributed by atoms with Crippen LogP contribution in [0.1, 0.15) is 23.0 Å². The van der Waals surface area contributed by atoms with Crippen molar-refractivity contribution in [2.24, 2.45) is 0 Å². The summed E-state index contributed by atoms with van der Waals surface area (Å²) in [4.78, 5) is 30.3. The smallest absolute Gasteiger partial charge is 0.262 e. The normalized spacial score (nSPS) is 14.1. The van der Waals surface area contributed by atoms with Crippen molar-refractivity contribution in [1.29, 1.82) is 0 Å². The molecule has 39 heavy (non-hydrogen) atoms. The summed E-state index contributed by atoms with van der Waals surface area (Å²) < 4.78 is 36.2. The Morgan fingerprint density at radius 2 is 1.87 bits per heavy atom. The van der Waals surface area contributed by atoms with Gasteiger partial charge < -0.3 is 29.7 Å². The van der Waals surface area contributed by atoms with E-state index in [4.69, 9.17) is 4.74 Å². The summed E-state index contributed by atoms with van der Waals surface area (Å²) in [5.41, 5.74) is 2.35.